The SMILES string of the molecule is Cc1cc(C(=O)O)cc([C@H]2C[C@](O)(c3ccc(OCc4c(-c5c(Cl)cccc5Cl)noc4C4CC4)cc3Cl)C2)c1. The second-order valence-electron chi connectivity index (χ2n) is 10.7. The lowest BCUT2D eigenvalue weighted by Gasteiger charge is -2.45. The smallest absolute Gasteiger partial charge is 0.335 e. The van der Waals surface area contributed by atoms with Crippen molar-refractivity contribution < 1.29 is 24.3 Å². The number of carboxylic acid groups (broad SMARTS) is 1. The number of ether oxygens (including phenoxy) is 1. The van der Waals surface area contributed by atoms with Crippen molar-refractivity contribution in [3.05, 3.63) is 103 Å². The normalized spacial score (nSPS) is 20.3. The molecule has 0 spiro atoms. The topological polar surface area (TPSA) is 92.8 Å². The molecular weight excluding hydrogens is 573 g/mol. The molecule has 0 aliphatic heterocycles. The average molecular weight is 599 g/mol. The summed E-state index contributed by atoms with van der Waals surface area (Å²) in [4.78, 5) is 11.5. The van der Waals surface area contributed by atoms with E-state index in [-0.39, 0.29) is 18.1 Å². The lowest BCUT2D eigenvalue weighted by atomic mass is 9.64. The first-order valence-electron chi connectivity index (χ1n) is 13.1. The Labute approximate surface area is 246 Å². The number of carboxylic acids is 1. The molecule has 9 heteroatoms. The Hall–Kier alpha value is -3.03. The second-order valence-corrected chi connectivity index (χ2v) is 12.0. The van der Waals surface area contributed by atoms with Gasteiger partial charge in [-0.05, 0) is 86.1 Å². The molecule has 2 N–H and O–H groups in total. The van der Waals surface area contributed by atoms with Crippen LogP contribution in [0.3, 0.4) is 0 Å². The number of halogens is 3. The summed E-state index contributed by atoms with van der Waals surface area (Å²) in [6, 6.07) is 15.9. The van der Waals surface area contributed by atoms with Crippen LogP contribution in [0.2, 0.25) is 15.1 Å². The fourth-order valence-electron chi connectivity index (χ4n) is 5.55. The molecule has 0 radical (unpaired) electrons. The van der Waals surface area contributed by atoms with Crippen LogP contribution in [0.15, 0.2) is 59.1 Å². The minimum absolute atomic E-state index is 0.0412. The number of aromatic nitrogens is 1. The second kappa shape index (κ2) is 10.4. The van der Waals surface area contributed by atoms with Gasteiger partial charge in [-0.15, -0.1) is 0 Å². The van der Waals surface area contributed by atoms with Crippen LogP contribution in [0.1, 0.15) is 75.9 Å². The average Bonchev–Trinajstić information content (AvgIpc) is 3.65. The molecule has 0 saturated heterocycles. The Morgan fingerprint density at radius 1 is 1.02 bits per heavy atom. The van der Waals surface area contributed by atoms with Crippen molar-refractivity contribution in [2.24, 2.45) is 0 Å². The molecule has 3 aromatic carbocycles. The maximum Gasteiger partial charge on any atom is 0.335 e. The number of nitrogens with zero attached hydrogens (tertiary/aromatic N) is 1. The van der Waals surface area contributed by atoms with Gasteiger partial charge in [0.2, 0.25) is 0 Å². The van der Waals surface area contributed by atoms with Crippen molar-refractivity contribution in [2.45, 2.75) is 56.7 Å². The maximum absolute atomic E-state index is 11.5. The molecule has 0 unspecified atom stereocenters. The molecule has 1 heterocycles. The summed E-state index contributed by atoms with van der Waals surface area (Å²) in [5, 5.41) is 26.4. The van der Waals surface area contributed by atoms with Crippen LogP contribution in [0.5, 0.6) is 5.75 Å². The fraction of sp³-hybridized carbons (Fsp3) is 0.290. The molecule has 0 atom stereocenters. The lowest BCUT2D eigenvalue weighted by molar-refractivity contribution is -0.0549. The molecule has 2 aliphatic carbocycles. The largest absolute Gasteiger partial charge is 0.489 e. The first-order valence-corrected chi connectivity index (χ1v) is 14.2. The van der Waals surface area contributed by atoms with Crippen molar-refractivity contribution >= 4 is 40.8 Å². The highest BCUT2D eigenvalue weighted by molar-refractivity contribution is 6.39. The van der Waals surface area contributed by atoms with Gasteiger partial charge in [0.1, 0.15) is 23.8 Å². The predicted octanol–water partition coefficient (Wildman–Crippen LogP) is 8.53. The van der Waals surface area contributed by atoms with Gasteiger partial charge in [0.05, 0.1) is 31.8 Å². The Kier molecular flexibility index (Phi) is 7.07. The molecular formula is C31H26Cl3NO5. The first-order chi connectivity index (χ1) is 19.1. The number of aryl methyl sites for hydroxylation is 1. The van der Waals surface area contributed by atoms with Crippen molar-refractivity contribution in [2.75, 3.05) is 0 Å². The Morgan fingerprint density at radius 3 is 2.40 bits per heavy atom. The molecule has 0 bridgehead atoms. The fourth-order valence-corrected chi connectivity index (χ4v) is 6.47. The number of aliphatic hydroxyl groups is 1. The summed E-state index contributed by atoms with van der Waals surface area (Å²) < 4.78 is 11.9. The zero-order valence-electron chi connectivity index (χ0n) is 21.6. The number of aromatic carboxylic acids is 1. The standard InChI is InChI=1S/C31H26Cl3NO5/c1-16-9-18(11-19(10-16)30(36)37)20-13-31(38,14-20)23-8-7-21(12-26(23)34)39-15-22-28(35-40-29(22)17-5-6-17)27-24(32)3-2-4-25(27)33/h2-4,7-12,17,20,38H,5-6,13-15H2,1H3,(H,36,37)/t20-,31+. The summed E-state index contributed by atoms with van der Waals surface area (Å²) in [6.07, 6.45) is 2.95. The lowest BCUT2D eigenvalue weighted by Crippen LogP contribution is -2.40. The molecule has 2 saturated carbocycles. The van der Waals surface area contributed by atoms with E-state index in [1.807, 2.05) is 13.0 Å². The highest BCUT2D eigenvalue weighted by atomic mass is 35.5. The van der Waals surface area contributed by atoms with E-state index in [1.165, 1.54) is 0 Å². The monoisotopic (exact) mass is 597 g/mol. The van der Waals surface area contributed by atoms with Crippen molar-refractivity contribution in [1.29, 1.82) is 0 Å². The zero-order valence-corrected chi connectivity index (χ0v) is 23.9. The highest BCUT2D eigenvalue weighted by Gasteiger charge is 2.46. The molecule has 6 rings (SSSR count). The van der Waals surface area contributed by atoms with Crippen LogP contribution in [-0.2, 0) is 12.2 Å². The summed E-state index contributed by atoms with van der Waals surface area (Å²) in [6.45, 7) is 2.06. The summed E-state index contributed by atoms with van der Waals surface area (Å²) >= 11 is 19.6. The molecule has 2 aliphatic rings. The van der Waals surface area contributed by atoms with Crippen LogP contribution < -0.4 is 4.74 Å². The van der Waals surface area contributed by atoms with E-state index < -0.39 is 11.6 Å². The predicted molar refractivity (Wildman–Crippen MR) is 154 cm³/mol. The van der Waals surface area contributed by atoms with E-state index in [0.717, 1.165) is 35.3 Å². The number of carbonyl (C=O) groups is 1. The Bertz CT molecular complexity index is 1600. The molecule has 4 aromatic rings. The van der Waals surface area contributed by atoms with E-state index in [2.05, 4.69) is 5.16 Å². The van der Waals surface area contributed by atoms with Crippen LogP contribution in [-0.4, -0.2) is 21.3 Å². The van der Waals surface area contributed by atoms with E-state index >= 15 is 0 Å². The van der Waals surface area contributed by atoms with Gasteiger partial charge < -0.3 is 19.5 Å². The third-order valence-electron chi connectivity index (χ3n) is 7.78. The van der Waals surface area contributed by atoms with Gasteiger partial charge in [-0.3, -0.25) is 0 Å². The minimum Gasteiger partial charge on any atom is -0.489 e. The van der Waals surface area contributed by atoms with E-state index in [1.54, 1.807) is 48.5 Å². The number of hydrogen-bond donors (Lipinski definition) is 2. The van der Waals surface area contributed by atoms with Gasteiger partial charge in [0.25, 0.3) is 0 Å². The molecule has 0 amide bonds. The molecule has 206 valence electrons. The summed E-state index contributed by atoms with van der Waals surface area (Å²) in [5.41, 5.74) is 3.54. The van der Waals surface area contributed by atoms with Crippen LogP contribution in [0.4, 0.5) is 0 Å². The van der Waals surface area contributed by atoms with Crippen molar-refractivity contribution in [3.63, 3.8) is 0 Å². The van der Waals surface area contributed by atoms with Gasteiger partial charge in [-0.2, -0.15) is 0 Å². The van der Waals surface area contributed by atoms with E-state index in [9.17, 15) is 15.0 Å². The third-order valence-corrected chi connectivity index (χ3v) is 8.72. The van der Waals surface area contributed by atoms with Crippen LogP contribution in [0, 0.1) is 6.92 Å². The Morgan fingerprint density at radius 2 is 1.75 bits per heavy atom. The zero-order chi connectivity index (χ0) is 28.2. The number of hydrogen-bond acceptors (Lipinski definition) is 5. The minimum atomic E-state index is -1.10. The van der Waals surface area contributed by atoms with E-state index in [4.69, 9.17) is 44.1 Å². The maximum atomic E-state index is 11.5. The van der Waals surface area contributed by atoms with Crippen molar-refractivity contribution in [1.82, 2.24) is 5.16 Å². The van der Waals surface area contributed by atoms with Crippen LogP contribution >= 0.6 is 34.8 Å². The van der Waals surface area contributed by atoms with Gasteiger partial charge in [-0.25, -0.2) is 4.79 Å². The number of rotatable bonds is 8. The summed E-state index contributed by atoms with van der Waals surface area (Å²) in [5.74, 6) is 0.700. The molecule has 6 nitrogen and oxygen atoms in total. The molecule has 1 aromatic heterocycles. The van der Waals surface area contributed by atoms with Gasteiger partial charge in [-0.1, -0.05) is 58.2 Å². The van der Waals surface area contributed by atoms with Crippen LogP contribution in [0.25, 0.3) is 11.3 Å². The molecule has 40 heavy (non-hydrogen) atoms. The van der Waals surface area contributed by atoms with Gasteiger partial charge >= 0.3 is 5.97 Å². The van der Waals surface area contributed by atoms with Gasteiger partial charge in [0.15, 0.2) is 0 Å². The highest BCUT2D eigenvalue weighted by Crippen LogP contribution is 2.53. The summed E-state index contributed by atoms with van der Waals surface area (Å²) in [7, 11) is 0. The Balaban J connectivity index is 1.19. The quantitative estimate of drug-likeness (QED) is 0.211. The van der Waals surface area contributed by atoms with Gasteiger partial charge in [0, 0.05) is 17.0 Å². The van der Waals surface area contributed by atoms with E-state index in [0.29, 0.717) is 56.4 Å². The molecule has 2 fully saturated rings. The number of benzene rings is 3. The third kappa shape index (κ3) is 5.10. The first kappa shape index (κ1) is 27.2. The van der Waals surface area contributed by atoms with Crippen molar-refractivity contribution in [3.8, 4) is 17.0 Å².